The van der Waals surface area contributed by atoms with Crippen molar-refractivity contribution in [1.29, 1.82) is 0 Å². The van der Waals surface area contributed by atoms with Crippen LogP contribution in [0.1, 0.15) is 94.8 Å². The molecule has 8 heteroatoms. The molecule has 236 valence electrons. The maximum Gasteiger partial charge on any atom is 0.339 e. The molecule has 43 heavy (non-hydrogen) atoms. The Morgan fingerprint density at radius 2 is 1.44 bits per heavy atom. The summed E-state index contributed by atoms with van der Waals surface area (Å²) >= 11 is 0. The average molecular weight is 595 g/mol. The van der Waals surface area contributed by atoms with E-state index in [9.17, 15) is 19.5 Å². The third-order valence-corrected chi connectivity index (χ3v) is 6.34. The van der Waals surface area contributed by atoms with E-state index < -0.39 is 18.1 Å². The largest absolute Gasteiger partial charge is 0.507 e. The van der Waals surface area contributed by atoms with Gasteiger partial charge in [-0.05, 0) is 82.4 Å². The van der Waals surface area contributed by atoms with Crippen LogP contribution in [0.5, 0.6) is 5.75 Å². The monoisotopic (exact) mass is 594 g/mol. The number of benzene rings is 1. The molecule has 4 N–H and O–H groups in total. The minimum absolute atomic E-state index is 0.0205. The topological polar surface area (TPSA) is 125 Å². The van der Waals surface area contributed by atoms with E-state index in [4.69, 9.17) is 9.84 Å². The molecule has 0 spiro atoms. The van der Waals surface area contributed by atoms with Gasteiger partial charge in [0.2, 0.25) is 0 Å². The van der Waals surface area contributed by atoms with Crippen molar-refractivity contribution in [2.75, 3.05) is 18.5 Å². The number of aromatic hydroxyl groups is 1. The van der Waals surface area contributed by atoms with Crippen molar-refractivity contribution in [1.82, 2.24) is 5.32 Å². The fraction of sp³-hybridized carbons (Fsp3) is 0.457. The molecule has 2 amide bonds. The van der Waals surface area contributed by atoms with Gasteiger partial charge >= 0.3 is 12.0 Å². The highest BCUT2D eigenvalue weighted by Gasteiger charge is 2.16. The first kappa shape index (κ1) is 37.1. The molecule has 0 aliphatic heterocycles. The number of ether oxygens (including phenoxy) is 1. The molecule has 1 aromatic carbocycles. The van der Waals surface area contributed by atoms with Crippen LogP contribution in [0, 0.1) is 0 Å². The van der Waals surface area contributed by atoms with Crippen molar-refractivity contribution in [3.05, 3.63) is 84.5 Å². The average Bonchev–Trinajstić information content (AvgIpc) is 2.99. The number of aromatic carboxylic acids is 1. The van der Waals surface area contributed by atoms with Crippen LogP contribution < -0.4 is 10.6 Å². The number of urea groups is 1. The highest BCUT2D eigenvalue weighted by atomic mass is 16.5. The number of ketones is 1. The van der Waals surface area contributed by atoms with E-state index in [0.717, 1.165) is 51.4 Å². The minimum atomic E-state index is -1.29. The molecule has 0 saturated carbocycles. The zero-order valence-corrected chi connectivity index (χ0v) is 25.8. The van der Waals surface area contributed by atoms with E-state index in [2.05, 4.69) is 78.3 Å². The second-order valence-electron chi connectivity index (χ2n) is 9.96. The summed E-state index contributed by atoms with van der Waals surface area (Å²) in [6.07, 6.45) is 30.7. The van der Waals surface area contributed by atoms with Gasteiger partial charge in [-0.25, -0.2) is 9.59 Å². The molecule has 1 rings (SSSR count). The third kappa shape index (κ3) is 19.0. The second-order valence-corrected chi connectivity index (χ2v) is 9.96. The Kier molecular flexibility index (Phi) is 21.3. The Morgan fingerprint density at radius 1 is 0.837 bits per heavy atom. The number of amides is 2. The van der Waals surface area contributed by atoms with Crippen LogP contribution in [0.2, 0.25) is 0 Å². The summed E-state index contributed by atoms with van der Waals surface area (Å²) in [5.41, 5.74) is -0.0623. The summed E-state index contributed by atoms with van der Waals surface area (Å²) in [4.78, 5) is 35.7. The Labute approximate surface area is 257 Å². The fourth-order valence-electron chi connectivity index (χ4n) is 3.98. The van der Waals surface area contributed by atoms with Crippen LogP contribution in [0.3, 0.4) is 0 Å². The first-order valence-electron chi connectivity index (χ1n) is 15.4. The lowest BCUT2D eigenvalue weighted by molar-refractivity contribution is -0.130. The Bertz CT molecular complexity index is 1100. The lowest BCUT2D eigenvalue weighted by Gasteiger charge is -2.15. The molecule has 0 heterocycles. The highest BCUT2D eigenvalue weighted by Crippen LogP contribution is 2.21. The van der Waals surface area contributed by atoms with Gasteiger partial charge in [-0.15, -0.1) is 0 Å². The van der Waals surface area contributed by atoms with E-state index in [0.29, 0.717) is 25.9 Å². The molecule has 0 unspecified atom stereocenters. The summed E-state index contributed by atoms with van der Waals surface area (Å²) in [5, 5.41) is 23.8. The van der Waals surface area contributed by atoms with Crippen LogP contribution in [0.15, 0.2) is 79.0 Å². The number of anilines is 1. The predicted octanol–water partition coefficient (Wildman–Crippen LogP) is 8.28. The van der Waals surface area contributed by atoms with Crippen molar-refractivity contribution >= 4 is 23.5 Å². The van der Waals surface area contributed by atoms with Gasteiger partial charge in [-0.1, -0.05) is 74.6 Å². The van der Waals surface area contributed by atoms with Gasteiger partial charge in [0.05, 0.1) is 0 Å². The Balaban J connectivity index is 2.10. The molecule has 0 radical (unpaired) electrons. The number of nitrogens with one attached hydrogen (secondary N) is 2. The van der Waals surface area contributed by atoms with Crippen molar-refractivity contribution in [2.45, 2.75) is 90.6 Å². The molecule has 0 saturated heterocycles. The van der Waals surface area contributed by atoms with Crippen molar-refractivity contribution in [3.63, 3.8) is 0 Å². The van der Waals surface area contributed by atoms with Crippen LogP contribution in [0.25, 0.3) is 0 Å². The smallest absolute Gasteiger partial charge is 0.339 e. The van der Waals surface area contributed by atoms with E-state index >= 15 is 0 Å². The van der Waals surface area contributed by atoms with Crippen LogP contribution in [0.4, 0.5) is 10.5 Å². The molecule has 1 atom stereocenters. The number of hydrogen-bond acceptors (Lipinski definition) is 5. The van der Waals surface area contributed by atoms with E-state index in [-0.39, 0.29) is 29.3 Å². The lowest BCUT2D eigenvalue weighted by atomic mass is 10.1. The van der Waals surface area contributed by atoms with Gasteiger partial charge < -0.3 is 25.6 Å². The lowest BCUT2D eigenvalue weighted by Crippen LogP contribution is -2.31. The van der Waals surface area contributed by atoms with E-state index in [1.807, 2.05) is 6.92 Å². The predicted molar refractivity (Wildman–Crippen MR) is 175 cm³/mol. The standard InChI is InChI=1S/C35H50N2O6/c1-3-5-6-7-8-9-10-11-12-13-14-15-16-17-18-19-20-21-27-43-33(4-2)32(39)23-22-26-36-35(42)37-29-24-25-31(38)30(28-29)34(40)41/h5-6,8-9,11-12,14-15,17-18,24-25,28,33,38H,3-4,7,10,13,16,19-23,26-27H2,1-2H3,(H,40,41)(H2,36,37,42)/b6-5-,9-8-,12-11-,15-14-,18-17-/t33-/m1/s1. The SMILES string of the molecule is CC/C=C\C/C=C\C/C=C\C/C=C\C/C=C\CCCCO[C@H](CC)C(=O)CCCNC(=O)Nc1ccc(O)c(C(=O)O)c1. The maximum absolute atomic E-state index is 12.5. The van der Waals surface area contributed by atoms with Gasteiger partial charge in [0, 0.05) is 25.3 Å². The maximum atomic E-state index is 12.5. The first-order chi connectivity index (χ1) is 20.9. The zero-order chi connectivity index (χ0) is 31.5. The third-order valence-electron chi connectivity index (χ3n) is 6.34. The quantitative estimate of drug-likeness (QED) is 0.0574. The molecule has 0 bridgehead atoms. The second kappa shape index (κ2) is 24.7. The number of carbonyl (C=O) groups is 3. The number of unbranched alkanes of at least 4 members (excludes halogenated alkanes) is 2. The minimum Gasteiger partial charge on any atom is -0.507 e. The molecule has 0 aliphatic carbocycles. The van der Waals surface area contributed by atoms with Crippen molar-refractivity contribution < 1.29 is 29.3 Å². The van der Waals surface area contributed by atoms with Crippen LogP contribution in [-0.2, 0) is 9.53 Å². The molecule has 0 fully saturated rings. The van der Waals surface area contributed by atoms with Gasteiger partial charge in [0.15, 0.2) is 5.78 Å². The molecule has 8 nitrogen and oxygen atoms in total. The first-order valence-corrected chi connectivity index (χ1v) is 15.4. The van der Waals surface area contributed by atoms with Gasteiger partial charge in [-0.3, -0.25) is 4.79 Å². The van der Waals surface area contributed by atoms with Gasteiger partial charge in [0.25, 0.3) is 0 Å². The number of hydrogen-bond donors (Lipinski definition) is 4. The summed E-state index contributed by atoms with van der Waals surface area (Å²) in [5.74, 6) is -1.65. The fourth-order valence-corrected chi connectivity index (χ4v) is 3.98. The zero-order valence-electron chi connectivity index (χ0n) is 25.8. The molecule has 0 aromatic heterocycles. The Morgan fingerprint density at radius 3 is 2.02 bits per heavy atom. The number of carbonyl (C=O) groups excluding carboxylic acids is 2. The van der Waals surface area contributed by atoms with E-state index in [1.165, 1.54) is 18.2 Å². The Hall–Kier alpha value is -3.91. The van der Waals surface area contributed by atoms with Crippen molar-refractivity contribution in [2.24, 2.45) is 0 Å². The highest BCUT2D eigenvalue weighted by molar-refractivity contribution is 5.95. The van der Waals surface area contributed by atoms with Crippen molar-refractivity contribution in [3.8, 4) is 5.75 Å². The van der Waals surface area contributed by atoms with Crippen LogP contribution >= 0.6 is 0 Å². The molecular formula is C35H50N2O6. The summed E-state index contributed by atoms with van der Waals surface area (Å²) in [6, 6.07) is 3.25. The summed E-state index contributed by atoms with van der Waals surface area (Å²) < 4.78 is 5.81. The van der Waals surface area contributed by atoms with Gasteiger partial charge in [-0.2, -0.15) is 0 Å². The molecule has 1 aromatic rings. The molecule has 0 aliphatic rings. The number of Topliss-reactive ketones (excluding diaryl/α,β-unsaturated/α-hetero) is 1. The number of rotatable bonds is 23. The number of carboxylic acid groups (broad SMARTS) is 1. The van der Waals surface area contributed by atoms with Crippen LogP contribution in [-0.4, -0.2) is 47.3 Å². The number of phenols is 1. The van der Waals surface area contributed by atoms with Gasteiger partial charge in [0.1, 0.15) is 17.4 Å². The number of allylic oxidation sites excluding steroid dienone is 10. The summed E-state index contributed by atoms with van der Waals surface area (Å²) in [7, 11) is 0. The normalized spacial score (nSPS) is 12.7. The molecular weight excluding hydrogens is 544 g/mol. The number of carboxylic acids is 1. The summed E-state index contributed by atoms with van der Waals surface area (Å²) in [6.45, 7) is 4.89. The van der Waals surface area contributed by atoms with E-state index in [1.54, 1.807) is 0 Å².